The monoisotopic (exact) mass is 273 g/mol. The van der Waals surface area contributed by atoms with Crippen molar-refractivity contribution in [1.82, 2.24) is 5.32 Å². The maximum atomic E-state index is 5.57. The van der Waals surface area contributed by atoms with Crippen LogP contribution in [0.4, 0.5) is 0 Å². The number of nitrogens with one attached hydrogen (secondary N) is 1. The van der Waals surface area contributed by atoms with E-state index in [2.05, 4.69) is 41.0 Å². The molecule has 1 unspecified atom stereocenters. The van der Waals surface area contributed by atoms with Crippen LogP contribution in [0.25, 0.3) is 0 Å². The van der Waals surface area contributed by atoms with Gasteiger partial charge in [-0.2, -0.15) is 0 Å². The molecular formula is C16H19NOS. The van der Waals surface area contributed by atoms with Crippen LogP contribution in [0.2, 0.25) is 0 Å². The lowest BCUT2D eigenvalue weighted by Gasteiger charge is -2.17. The number of hydrogen-bond acceptors (Lipinski definition) is 3. The van der Waals surface area contributed by atoms with E-state index in [-0.39, 0.29) is 0 Å². The van der Waals surface area contributed by atoms with Crippen LogP contribution in [0.15, 0.2) is 35.7 Å². The van der Waals surface area contributed by atoms with Gasteiger partial charge in [0.2, 0.25) is 0 Å². The predicted octanol–water partition coefficient (Wildman–Crippen LogP) is 3.58. The van der Waals surface area contributed by atoms with Crippen LogP contribution in [-0.2, 0) is 12.8 Å². The Kier molecular flexibility index (Phi) is 3.85. The molecule has 1 aromatic carbocycles. The van der Waals surface area contributed by atoms with Crippen molar-refractivity contribution in [3.63, 3.8) is 0 Å². The average molecular weight is 273 g/mol. The van der Waals surface area contributed by atoms with Crippen molar-refractivity contribution in [2.24, 2.45) is 0 Å². The minimum atomic E-state index is 0.424. The second-order valence-electron chi connectivity index (χ2n) is 4.92. The summed E-state index contributed by atoms with van der Waals surface area (Å²) in [5.74, 6) is 1.07. The molecule has 0 amide bonds. The minimum Gasteiger partial charge on any atom is -0.493 e. The Labute approximate surface area is 118 Å². The molecule has 0 aliphatic carbocycles. The van der Waals surface area contributed by atoms with Gasteiger partial charge in [0.15, 0.2) is 0 Å². The summed E-state index contributed by atoms with van der Waals surface area (Å²) in [5.41, 5.74) is 2.73. The average Bonchev–Trinajstić information content (AvgIpc) is 3.09. The van der Waals surface area contributed by atoms with E-state index < -0.39 is 0 Å². The molecule has 2 aromatic rings. The first-order chi connectivity index (χ1) is 9.36. The van der Waals surface area contributed by atoms with Gasteiger partial charge in [-0.15, -0.1) is 11.3 Å². The molecule has 19 heavy (non-hydrogen) atoms. The Bertz CT molecular complexity index is 536. The number of fused-ring (bicyclic) bond motifs is 1. The Morgan fingerprint density at radius 2 is 2.32 bits per heavy atom. The van der Waals surface area contributed by atoms with E-state index in [9.17, 15) is 0 Å². The minimum absolute atomic E-state index is 0.424. The molecule has 1 atom stereocenters. The summed E-state index contributed by atoms with van der Waals surface area (Å²) in [5, 5.41) is 5.59. The van der Waals surface area contributed by atoms with E-state index in [1.54, 1.807) is 0 Å². The van der Waals surface area contributed by atoms with Crippen molar-refractivity contribution in [2.45, 2.75) is 25.3 Å². The number of ether oxygens (including phenoxy) is 1. The Morgan fingerprint density at radius 1 is 1.37 bits per heavy atom. The van der Waals surface area contributed by atoms with Gasteiger partial charge >= 0.3 is 0 Å². The molecule has 2 heterocycles. The quantitative estimate of drug-likeness (QED) is 0.899. The van der Waals surface area contributed by atoms with E-state index in [1.807, 2.05) is 18.4 Å². The maximum absolute atomic E-state index is 5.57. The second-order valence-corrected chi connectivity index (χ2v) is 5.96. The van der Waals surface area contributed by atoms with Crippen LogP contribution in [-0.4, -0.2) is 13.7 Å². The van der Waals surface area contributed by atoms with Gasteiger partial charge in [0.05, 0.1) is 6.61 Å². The molecule has 1 aromatic heterocycles. The highest BCUT2D eigenvalue weighted by molar-refractivity contribution is 7.09. The summed E-state index contributed by atoms with van der Waals surface area (Å²) in [6, 6.07) is 11.4. The molecular weight excluding hydrogens is 254 g/mol. The summed E-state index contributed by atoms with van der Waals surface area (Å²) < 4.78 is 5.57. The topological polar surface area (TPSA) is 21.3 Å². The Hall–Kier alpha value is -1.32. The Balaban J connectivity index is 1.71. The van der Waals surface area contributed by atoms with Gasteiger partial charge in [-0.3, -0.25) is 0 Å². The predicted molar refractivity (Wildman–Crippen MR) is 80.1 cm³/mol. The van der Waals surface area contributed by atoms with Crippen molar-refractivity contribution in [1.29, 1.82) is 0 Å². The highest BCUT2D eigenvalue weighted by Crippen LogP contribution is 2.29. The van der Waals surface area contributed by atoms with E-state index in [0.29, 0.717) is 6.04 Å². The van der Waals surface area contributed by atoms with Crippen molar-refractivity contribution in [3.05, 3.63) is 51.7 Å². The second kappa shape index (κ2) is 5.76. The van der Waals surface area contributed by atoms with Gasteiger partial charge in [-0.1, -0.05) is 18.2 Å². The molecule has 0 bridgehead atoms. The third kappa shape index (κ3) is 2.82. The lowest BCUT2D eigenvalue weighted by Crippen LogP contribution is -2.17. The van der Waals surface area contributed by atoms with Crippen LogP contribution in [0.5, 0.6) is 5.75 Å². The molecule has 0 spiro atoms. The van der Waals surface area contributed by atoms with E-state index in [0.717, 1.165) is 31.6 Å². The van der Waals surface area contributed by atoms with E-state index >= 15 is 0 Å². The van der Waals surface area contributed by atoms with Gasteiger partial charge in [-0.05, 0) is 48.5 Å². The van der Waals surface area contributed by atoms with Gasteiger partial charge in [0.1, 0.15) is 5.75 Å². The summed E-state index contributed by atoms with van der Waals surface area (Å²) >= 11 is 1.84. The van der Waals surface area contributed by atoms with Crippen LogP contribution in [0.1, 0.15) is 28.5 Å². The fourth-order valence-electron chi connectivity index (χ4n) is 2.64. The third-order valence-corrected chi connectivity index (χ3v) is 4.66. The molecule has 0 saturated heterocycles. The molecule has 100 valence electrons. The van der Waals surface area contributed by atoms with Gasteiger partial charge in [0, 0.05) is 17.3 Å². The smallest absolute Gasteiger partial charge is 0.122 e. The summed E-state index contributed by atoms with van der Waals surface area (Å²) in [4.78, 5) is 1.46. The van der Waals surface area contributed by atoms with E-state index in [1.165, 1.54) is 16.0 Å². The van der Waals surface area contributed by atoms with Gasteiger partial charge in [-0.25, -0.2) is 0 Å². The molecule has 0 radical (unpaired) electrons. The van der Waals surface area contributed by atoms with Crippen molar-refractivity contribution >= 4 is 11.3 Å². The first-order valence-electron chi connectivity index (χ1n) is 6.82. The number of hydrogen-bond donors (Lipinski definition) is 1. The molecule has 0 saturated carbocycles. The molecule has 2 nitrogen and oxygen atoms in total. The molecule has 3 heteroatoms. The highest BCUT2D eigenvalue weighted by Gasteiger charge is 2.16. The van der Waals surface area contributed by atoms with Gasteiger partial charge in [0.25, 0.3) is 0 Å². The summed E-state index contributed by atoms with van der Waals surface area (Å²) in [6.07, 6.45) is 3.32. The van der Waals surface area contributed by atoms with Crippen LogP contribution < -0.4 is 10.1 Å². The molecule has 1 aliphatic rings. The van der Waals surface area contributed by atoms with Crippen molar-refractivity contribution in [2.75, 3.05) is 13.7 Å². The zero-order valence-corrected chi connectivity index (χ0v) is 12.0. The number of aryl methyl sites for hydroxylation is 1. The van der Waals surface area contributed by atoms with Crippen LogP contribution in [0.3, 0.4) is 0 Å². The number of thiophene rings is 1. The SMILES string of the molecule is CNC(CCc1cccs1)c1ccc2c(c1)CCO2. The molecule has 1 aliphatic heterocycles. The maximum Gasteiger partial charge on any atom is 0.122 e. The molecule has 3 rings (SSSR count). The van der Waals surface area contributed by atoms with Crippen LogP contribution >= 0.6 is 11.3 Å². The first-order valence-corrected chi connectivity index (χ1v) is 7.70. The lowest BCUT2D eigenvalue weighted by molar-refractivity contribution is 0.356. The van der Waals surface area contributed by atoms with Crippen molar-refractivity contribution < 1.29 is 4.74 Å². The zero-order valence-electron chi connectivity index (χ0n) is 11.2. The number of rotatable bonds is 5. The summed E-state index contributed by atoms with van der Waals surface area (Å²) in [7, 11) is 2.04. The lowest BCUT2D eigenvalue weighted by atomic mass is 9.99. The first kappa shape index (κ1) is 12.7. The fraction of sp³-hybridized carbons (Fsp3) is 0.375. The van der Waals surface area contributed by atoms with Gasteiger partial charge < -0.3 is 10.1 Å². The van der Waals surface area contributed by atoms with Crippen LogP contribution in [0, 0.1) is 0 Å². The number of benzene rings is 1. The standard InChI is InChI=1S/C16H19NOS/c1-17-15(6-5-14-3-2-10-19-14)12-4-7-16-13(11-12)8-9-18-16/h2-4,7,10-11,15,17H,5-6,8-9H2,1H3. The molecule has 1 N–H and O–H groups in total. The largest absolute Gasteiger partial charge is 0.493 e. The molecule has 0 fully saturated rings. The fourth-order valence-corrected chi connectivity index (χ4v) is 3.37. The Morgan fingerprint density at radius 3 is 3.11 bits per heavy atom. The zero-order chi connectivity index (χ0) is 13.1. The third-order valence-electron chi connectivity index (χ3n) is 3.72. The van der Waals surface area contributed by atoms with E-state index in [4.69, 9.17) is 4.74 Å². The highest BCUT2D eigenvalue weighted by atomic mass is 32.1. The van der Waals surface area contributed by atoms with Crippen molar-refractivity contribution in [3.8, 4) is 5.75 Å². The summed E-state index contributed by atoms with van der Waals surface area (Å²) in [6.45, 7) is 0.832. The normalized spacial score (nSPS) is 15.0.